The van der Waals surface area contributed by atoms with Gasteiger partial charge in [-0.2, -0.15) is 4.39 Å². The maximum Gasteiger partial charge on any atom is 0.366 e. The zero-order chi connectivity index (χ0) is 34.1. The van der Waals surface area contributed by atoms with E-state index in [-0.39, 0.29) is 13.2 Å². The van der Waals surface area contributed by atoms with Gasteiger partial charge in [0.1, 0.15) is 30.5 Å². The fourth-order valence-corrected chi connectivity index (χ4v) is 4.52. The molecule has 0 heterocycles. The highest BCUT2D eigenvalue weighted by Gasteiger charge is 2.10. The minimum absolute atomic E-state index is 0.0817. The lowest BCUT2D eigenvalue weighted by molar-refractivity contribution is -0.141. The molecule has 0 fully saturated rings. The third-order valence-electron chi connectivity index (χ3n) is 7.09. The predicted molar refractivity (Wildman–Crippen MR) is 181 cm³/mol. The van der Waals surface area contributed by atoms with Gasteiger partial charge in [0.2, 0.25) is 5.83 Å². The summed E-state index contributed by atoms with van der Waals surface area (Å²) in [6.07, 6.45) is 4.72. The Morgan fingerprint density at radius 1 is 0.562 bits per heavy atom. The van der Waals surface area contributed by atoms with Crippen molar-refractivity contribution >= 4 is 17.9 Å². The molecule has 0 aliphatic heterocycles. The molecule has 48 heavy (non-hydrogen) atoms. The summed E-state index contributed by atoms with van der Waals surface area (Å²) in [5.41, 5.74) is 4.41. The second kappa shape index (κ2) is 18.4. The summed E-state index contributed by atoms with van der Waals surface area (Å²) < 4.78 is 39.1. The van der Waals surface area contributed by atoms with Gasteiger partial charge in [-0.05, 0) is 96.5 Å². The molecule has 0 radical (unpaired) electrons. The topological polar surface area (TPSA) is 97.4 Å². The van der Waals surface area contributed by atoms with Crippen molar-refractivity contribution < 1.29 is 42.5 Å². The molecule has 0 aromatic heterocycles. The minimum atomic E-state index is -1.14. The standard InChI is InChI=1S/C39H37FO8/c1-3-37(41)46-25-7-5-4-6-24-44-34-20-16-33(17-21-34)39(43)48-36-22-14-32(15-23-36)30-10-8-29(9-11-30)31-12-18-35(19-13-31)45-26-27-47-38(42)28(2)40/h3,8-23H,1-2,4-7,24-27H2. The summed E-state index contributed by atoms with van der Waals surface area (Å²) >= 11 is 0. The maximum absolute atomic E-state index is 12.7. The predicted octanol–water partition coefficient (Wildman–Crippen LogP) is 8.31. The zero-order valence-corrected chi connectivity index (χ0v) is 26.5. The summed E-state index contributed by atoms with van der Waals surface area (Å²) in [6, 6.07) is 29.7. The molecule has 8 nitrogen and oxygen atoms in total. The number of carbonyl (C=O) groups excluding carboxylic acids is 3. The van der Waals surface area contributed by atoms with Crippen molar-refractivity contribution in [2.24, 2.45) is 0 Å². The third-order valence-corrected chi connectivity index (χ3v) is 7.09. The van der Waals surface area contributed by atoms with Gasteiger partial charge in [0, 0.05) is 6.08 Å². The summed E-state index contributed by atoms with van der Waals surface area (Å²) in [6.45, 7) is 7.21. The van der Waals surface area contributed by atoms with Crippen LogP contribution in [0.4, 0.5) is 4.39 Å². The average molecular weight is 653 g/mol. The molecule has 0 bridgehead atoms. The summed E-state index contributed by atoms with van der Waals surface area (Å²) in [5.74, 6) is -1.38. The molecular formula is C39H37FO8. The first-order valence-corrected chi connectivity index (χ1v) is 15.5. The van der Waals surface area contributed by atoms with E-state index in [4.69, 9.17) is 18.9 Å². The molecule has 0 saturated heterocycles. The van der Waals surface area contributed by atoms with E-state index in [0.717, 1.165) is 54.0 Å². The van der Waals surface area contributed by atoms with Gasteiger partial charge in [-0.1, -0.05) is 61.7 Å². The quantitative estimate of drug-likeness (QED) is 0.0458. The number of rotatable bonds is 18. The monoisotopic (exact) mass is 652 g/mol. The molecule has 248 valence electrons. The molecule has 0 spiro atoms. The van der Waals surface area contributed by atoms with Crippen molar-refractivity contribution in [1.29, 1.82) is 0 Å². The number of esters is 3. The van der Waals surface area contributed by atoms with Gasteiger partial charge in [0.05, 0.1) is 18.8 Å². The molecule has 0 saturated carbocycles. The molecule has 4 aromatic rings. The fourth-order valence-electron chi connectivity index (χ4n) is 4.52. The van der Waals surface area contributed by atoms with E-state index in [2.05, 4.69) is 17.9 Å². The number of unbranched alkanes of at least 4 members (excludes halogenated alkanes) is 3. The Balaban J connectivity index is 1.19. The largest absolute Gasteiger partial charge is 0.494 e. The second-order valence-corrected chi connectivity index (χ2v) is 10.6. The maximum atomic E-state index is 12.7. The second-order valence-electron chi connectivity index (χ2n) is 10.6. The van der Waals surface area contributed by atoms with E-state index in [1.807, 2.05) is 60.7 Å². The Hall–Kier alpha value is -5.70. The van der Waals surface area contributed by atoms with E-state index in [1.165, 1.54) is 0 Å². The molecule has 4 aromatic carbocycles. The SMILES string of the molecule is C=CC(=O)OCCCCCCOc1ccc(C(=O)Oc2ccc(-c3ccc(-c4ccc(OCCOC(=O)C(=C)F)cc4)cc3)cc2)cc1. The van der Waals surface area contributed by atoms with Crippen LogP contribution in [-0.4, -0.2) is 44.3 Å². The molecule has 4 rings (SSSR count). The summed E-state index contributed by atoms with van der Waals surface area (Å²) in [5, 5.41) is 0. The van der Waals surface area contributed by atoms with Gasteiger partial charge in [-0.3, -0.25) is 0 Å². The smallest absolute Gasteiger partial charge is 0.366 e. The number of benzene rings is 4. The van der Waals surface area contributed by atoms with Crippen LogP contribution in [-0.2, 0) is 19.1 Å². The van der Waals surface area contributed by atoms with E-state index in [0.29, 0.717) is 36.0 Å². The highest BCUT2D eigenvalue weighted by Crippen LogP contribution is 2.28. The van der Waals surface area contributed by atoms with Gasteiger partial charge in [-0.25, -0.2) is 14.4 Å². The lowest BCUT2D eigenvalue weighted by Gasteiger charge is -2.09. The number of halogens is 1. The molecule has 0 unspecified atom stereocenters. The molecular weight excluding hydrogens is 615 g/mol. The van der Waals surface area contributed by atoms with E-state index < -0.39 is 23.7 Å². The Morgan fingerprint density at radius 2 is 1.02 bits per heavy atom. The van der Waals surface area contributed by atoms with Crippen LogP contribution in [0.3, 0.4) is 0 Å². The number of carbonyl (C=O) groups is 3. The van der Waals surface area contributed by atoms with Crippen molar-refractivity contribution in [2.45, 2.75) is 25.7 Å². The van der Waals surface area contributed by atoms with E-state index >= 15 is 0 Å². The van der Waals surface area contributed by atoms with Crippen molar-refractivity contribution in [3.63, 3.8) is 0 Å². The first-order valence-electron chi connectivity index (χ1n) is 15.5. The normalized spacial score (nSPS) is 10.4. The average Bonchev–Trinajstić information content (AvgIpc) is 3.12. The molecule has 0 aliphatic rings. The Morgan fingerprint density at radius 3 is 1.54 bits per heavy atom. The van der Waals surface area contributed by atoms with Crippen LogP contribution in [0.15, 0.2) is 122 Å². The van der Waals surface area contributed by atoms with E-state index in [9.17, 15) is 18.8 Å². The van der Waals surface area contributed by atoms with Gasteiger partial charge >= 0.3 is 17.9 Å². The highest BCUT2D eigenvalue weighted by molar-refractivity contribution is 5.91. The molecule has 9 heteroatoms. The van der Waals surface area contributed by atoms with Crippen LogP contribution < -0.4 is 14.2 Å². The van der Waals surface area contributed by atoms with Crippen molar-refractivity contribution in [2.75, 3.05) is 26.4 Å². The lowest BCUT2D eigenvalue weighted by Crippen LogP contribution is -2.12. The Kier molecular flexibility index (Phi) is 13.5. The van der Waals surface area contributed by atoms with Crippen LogP contribution in [0, 0.1) is 0 Å². The first-order chi connectivity index (χ1) is 23.3. The third kappa shape index (κ3) is 11.3. The van der Waals surface area contributed by atoms with Gasteiger partial charge in [-0.15, -0.1) is 0 Å². The van der Waals surface area contributed by atoms with Crippen LogP contribution in [0.25, 0.3) is 22.3 Å². The lowest BCUT2D eigenvalue weighted by atomic mass is 10.0. The van der Waals surface area contributed by atoms with Crippen molar-refractivity contribution in [3.05, 3.63) is 128 Å². The van der Waals surface area contributed by atoms with Crippen molar-refractivity contribution in [1.82, 2.24) is 0 Å². The molecule has 0 amide bonds. The van der Waals surface area contributed by atoms with Crippen LogP contribution >= 0.6 is 0 Å². The van der Waals surface area contributed by atoms with E-state index in [1.54, 1.807) is 36.4 Å². The van der Waals surface area contributed by atoms with Crippen molar-refractivity contribution in [3.8, 4) is 39.5 Å². The highest BCUT2D eigenvalue weighted by atomic mass is 19.1. The van der Waals surface area contributed by atoms with Gasteiger partial charge < -0.3 is 23.7 Å². The first kappa shape index (κ1) is 35.2. The minimum Gasteiger partial charge on any atom is -0.494 e. The van der Waals surface area contributed by atoms with Gasteiger partial charge in [0.25, 0.3) is 0 Å². The van der Waals surface area contributed by atoms with Crippen LogP contribution in [0.1, 0.15) is 36.0 Å². The van der Waals surface area contributed by atoms with Crippen LogP contribution in [0.2, 0.25) is 0 Å². The number of hydrogen-bond donors (Lipinski definition) is 0. The zero-order valence-electron chi connectivity index (χ0n) is 26.5. The number of hydrogen-bond acceptors (Lipinski definition) is 8. The summed E-state index contributed by atoms with van der Waals surface area (Å²) in [7, 11) is 0. The van der Waals surface area contributed by atoms with Gasteiger partial charge in [0.15, 0.2) is 0 Å². The molecule has 0 N–H and O–H groups in total. The Bertz CT molecular complexity index is 1660. The number of ether oxygens (including phenoxy) is 5. The van der Waals surface area contributed by atoms with Crippen LogP contribution in [0.5, 0.6) is 17.2 Å². The molecule has 0 aliphatic carbocycles. The Labute approximate surface area is 279 Å². The molecule has 0 atom stereocenters. The fraction of sp³-hybridized carbons (Fsp3) is 0.205. The summed E-state index contributed by atoms with van der Waals surface area (Å²) in [4.78, 5) is 34.8.